The molecule has 30 heavy (non-hydrogen) atoms. The number of benzene rings is 2. The van der Waals surface area contributed by atoms with Crippen molar-refractivity contribution in [2.75, 3.05) is 5.32 Å². The van der Waals surface area contributed by atoms with Crippen LogP contribution in [0.1, 0.15) is 48.6 Å². The quantitative estimate of drug-likeness (QED) is 0.419. The van der Waals surface area contributed by atoms with E-state index in [1.54, 1.807) is 18.2 Å². The van der Waals surface area contributed by atoms with Gasteiger partial charge in [0.15, 0.2) is 0 Å². The zero-order valence-electron chi connectivity index (χ0n) is 17.5. The van der Waals surface area contributed by atoms with E-state index in [-0.39, 0.29) is 18.1 Å². The van der Waals surface area contributed by atoms with Gasteiger partial charge in [-0.15, -0.1) is 0 Å². The second kappa shape index (κ2) is 9.87. The first-order chi connectivity index (χ1) is 14.3. The van der Waals surface area contributed by atoms with Crippen molar-refractivity contribution in [2.24, 2.45) is 0 Å². The van der Waals surface area contributed by atoms with Crippen molar-refractivity contribution in [3.05, 3.63) is 82.1 Å². The van der Waals surface area contributed by atoms with Crippen LogP contribution in [0.15, 0.2) is 65.1 Å². The number of hydrogen-bond acceptors (Lipinski definition) is 4. The Labute approximate surface area is 185 Å². The second-order valence-corrected chi connectivity index (χ2v) is 8.15. The molecule has 0 aliphatic heterocycles. The monoisotopic (exact) mass is 468 g/mol. The number of aromatic nitrogens is 1. The van der Waals surface area contributed by atoms with Crippen LogP contribution >= 0.6 is 15.9 Å². The largest absolute Gasteiger partial charge is 0.457 e. The average molecular weight is 469 g/mol. The first-order valence-corrected chi connectivity index (χ1v) is 10.6. The molecule has 0 saturated heterocycles. The molecule has 5 nitrogen and oxygen atoms in total. The molecule has 0 bridgehead atoms. The van der Waals surface area contributed by atoms with Crippen LogP contribution in [0.5, 0.6) is 11.5 Å². The highest BCUT2D eigenvalue weighted by atomic mass is 79.9. The Balaban J connectivity index is 1.65. The molecule has 156 valence electrons. The van der Waals surface area contributed by atoms with Gasteiger partial charge in [-0.2, -0.15) is 0 Å². The van der Waals surface area contributed by atoms with Gasteiger partial charge in [-0.3, -0.25) is 9.78 Å². The number of hydrogen-bond donors (Lipinski definition) is 1. The third-order valence-corrected chi connectivity index (χ3v) is 4.88. The number of nitrogens with one attached hydrogen (secondary N) is 1. The van der Waals surface area contributed by atoms with Gasteiger partial charge in [-0.1, -0.05) is 22.0 Å². The number of ether oxygens (including phenoxy) is 2. The van der Waals surface area contributed by atoms with E-state index >= 15 is 0 Å². The summed E-state index contributed by atoms with van der Waals surface area (Å²) in [5.74, 6) is 1.22. The van der Waals surface area contributed by atoms with Gasteiger partial charge in [-0.05, 0) is 82.3 Å². The van der Waals surface area contributed by atoms with Gasteiger partial charge in [0.05, 0.1) is 29.2 Å². The highest BCUT2D eigenvalue weighted by Crippen LogP contribution is 2.26. The molecular weight excluding hydrogens is 444 g/mol. The Bertz CT molecular complexity index is 1020. The van der Waals surface area contributed by atoms with Crippen LogP contribution in [0.3, 0.4) is 0 Å². The van der Waals surface area contributed by atoms with Gasteiger partial charge >= 0.3 is 0 Å². The number of carbonyl (C=O) groups excluding carboxylic acids is 1. The molecule has 3 rings (SSSR count). The van der Waals surface area contributed by atoms with Crippen molar-refractivity contribution < 1.29 is 14.3 Å². The van der Waals surface area contributed by atoms with E-state index in [0.29, 0.717) is 22.7 Å². The average Bonchev–Trinajstić information content (AvgIpc) is 2.69. The number of aryl methyl sites for hydroxylation is 1. The maximum atomic E-state index is 12.7. The van der Waals surface area contributed by atoms with Crippen LogP contribution < -0.4 is 10.1 Å². The lowest BCUT2D eigenvalue weighted by Crippen LogP contribution is -2.16. The predicted octanol–water partition coefficient (Wildman–Crippen LogP) is 6.68. The van der Waals surface area contributed by atoms with Gasteiger partial charge < -0.3 is 14.8 Å². The Hall–Kier alpha value is -2.70. The second-order valence-electron chi connectivity index (χ2n) is 7.23. The lowest BCUT2D eigenvalue weighted by atomic mass is 10.1. The Morgan fingerprint density at radius 1 is 1.00 bits per heavy atom. The molecule has 0 aliphatic carbocycles. The van der Waals surface area contributed by atoms with E-state index in [9.17, 15) is 4.79 Å². The minimum absolute atomic E-state index is 0.112. The topological polar surface area (TPSA) is 60.5 Å². The maximum absolute atomic E-state index is 12.7. The molecule has 1 amide bonds. The molecule has 0 spiro atoms. The molecule has 1 N–H and O–H groups in total. The van der Waals surface area contributed by atoms with E-state index < -0.39 is 0 Å². The van der Waals surface area contributed by atoms with Crippen LogP contribution in [0.25, 0.3) is 0 Å². The van der Waals surface area contributed by atoms with E-state index in [2.05, 4.69) is 26.2 Å². The molecule has 6 heteroatoms. The van der Waals surface area contributed by atoms with Crippen LogP contribution in [-0.2, 0) is 4.74 Å². The van der Waals surface area contributed by atoms with E-state index in [1.807, 2.05) is 70.2 Å². The highest BCUT2D eigenvalue weighted by Gasteiger charge is 2.15. The smallest absolute Gasteiger partial charge is 0.257 e. The molecule has 0 aliphatic rings. The fourth-order valence-electron chi connectivity index (χ4n) is 3.00. The van der Waals surface area contributed by atoms with Crippen LogP contribution in [0.2, 0.25) is 0 Å². The first-order valence-electron chi connectivity index (χ1n) is 9.79. The van der Waals surface area contributed by atoms with Gasteiger partial charge in [0, 0.05) is 10.2 Å². The van der Waals surface area contributed by atoms with E-state index in [0.717, 1.165) is 15.9 Å². The summed E-state index contributed by atoms with van der Waals surface area (Å²) < 4.78 is 12.5. The highest BCUT2D eigenvalue weighted by molar-refractivity contribution is 9.10. The minimum Gasteiger partial charge on any atom is -0.457 e. The zero-order chi connectivity index (χ0) is 21.7. The molecule has 1 aromatic heterocycles. The van der Waals surface area contributed by atoms with Gasteiger partial charge in [0.25, 0.3) is 5.91 Å². The number of amides is 1. The normalized spacial score (nSPS) is 11.9. The predicted molar refractivity (Wildman–Crippen MR) is 122 cm³/mol. The third-order valence-electron chi connectivity index (χ3n) is 4.39. The molecule has 2 aromatic carbocycles. The first kappa shape index (κ1) is 22.0. The van der Waals surface area contributed by atoms with Crippen molar-refractivity contribution in [1.82, 2.24) is 4.98 Å². The molecule has 1 unspecified atom stereocenters. The number of rotatable bonds is 7. The van der Waals surface area contributed by atoms with E-state index in [1.165, 1.54) is 0 Å². The number of anilines is 1. The summed E-state index contributed by atoms with van der Waals surface area (Å²) in [5, 5.41) is 2.91. The van der Waals surface area contributed by atoms with Crippen LogP contribution in [0.4, 0.5) is 5.69 Å². The van der Waals surface area contributed by atoms with Crippen molar-refractivity contribution >= 4 is 27.5 Å². The molecule has 0 radical (unpaired) electrons. The van der Waals surface area contributed by atoms with Crippen LogP contribution in [-0.4, -0.2) is 17.0 Å². The lowest BCUT2D eigenvalue weighted by molar-refractivity contribution is 0.0154. The fraction of sp³-hybridized carbons (Fsp3) is 0.250. The van der Waals surface area contributed by atoms with Gasteiger partial charge in [0.1, 0.15) is 11.5 Å². The Morgan fingerprint density at radius 2 is 1.73 bits per heavy atom. The van der Waals surface area contributed by atoms with Gasteiger partial charge in [-0.25, -0.2) is 0 Å². The summed E-state index contributed by atoms with van der Waals surface area (Å²) in [5.41, 5.74) is 2.69. The van der Waals surface area contributed by atoms with Crippen molar-refractivity contribution in [2.45, 2.75) is 39.9 Å². The number of halogens is 1. The molecule has 0 saturated carbocycles. The third kappa shape index (κ3) is 5.90. The number of carbonyl (C=O) groups is 1. The Kier molecular flexibility index (Phi) is 7.24. The maximum Gasteiger partial charge on any atom is 0.257 e. The fourth-order valence-corrected chi connectivity index (χ4v) is 3.37. The summed E-state index contributed by atoms with van der Waals surface area (Å²) in [6, 6.07) is 18.5. The molecule has 0 fully saturated rings. The van der Waals surface area contributed by atoms with Gasteiger partial charge in [0.2, 0.25) is 0 Å². The Morgan fingerprint density at radius 3 is 2.37 bits per heavy atom. The summed E-state index contributed by atoms with van der Waals surface area (Å²) in [6.07, 6.45) is -0.0148. The lowest BCUT2D eigenvalue weighted by Gasteiger charge is -2.17. The zero-order valence-corrected chi connectivity index (χ0v) is 19.1. The van der Waals surface area contributed by atoms with Crippen molar-refractivity contribution in [3.63, 3.8) is 0 Å². The summed E-state index contributed by atoms with van der Waals surface area (Å²) >= 11 is 3.43. The number of pyridine rings is 1. The summed E-state index contributed by atoms with van der Waals surface area (Å²) in [4.78, 5) is 17.2. The van der Waals surface area contributed by atoms with Crippen molar-refractivity contribution in [3.8, 4) is 11.5 Å². The van der Waals surface area contributed by atoms with E-state index in [4.69, 9.17) is 9.47 Å². The molecule has 1 atom stereocenters. The minimum atomic E-state index is -0.204. The van der Waals surface area contributed by atoms with Crippen LogP contribution in [0, 0.1) is 6.92 Å². The molecular formula is C24H25BrN2O3. The molecule has 1 heterocycles. The number of nitrogens with zero attached hydrogens (tertiary/aromatic N) is 1. The summed E-state index contributed by atoms with van der Waals surface area (Å²) in [6.45, 7) is 7.76. The summed E-state index contributed by atoms with van der Waals surface area (Å²) in [7, 11) is 0. The standard InChI is InChI=1S/C24H25BrN2O3/c1-15(2)29-17(4)23-13-12-22(16(3)26-23)24(28)27-19-8-10-20(11-9-19)30-21-7-5-6-18(25)14-21/h5-15,17H,1-4H3,(H,27,28). The van der Waals surface area contributed by atoms with Crippen molar-refractivity contribution in [1.29, 1.82) is 0 Å². The SMILES string of the molecule is Cc1nc(C(C)OC(C)C)ccc1C(=O)Nc1ccc(Oc2cccc(Br)c2)cc1. The molecule has 3 aromatic rings.